The van der Waals surface area contributed by atoms with Crippen LogP contribution in [0.3, 0.4) is 0 Å². The Hall–Kier alpha value is -1.55. The van der Waals surface area contributed by atoms with Crippen LogP contribution in [0.1, 0.15) is 26.2 Å². The zero-order chi connectivity index (χ0) is 12.8. The summed E-state index contributed by atoms with van der Waals surface area (Å²) in [6.45, 7) is 2.07. The third-order valence-electron chi connectivity index (χ3n) is 2.75. The van der Waals surface area contributed by atoms with Gasteiger partial charge in [0.15, 0.2) is 0 Å². The highest BCUT2D eigenvalue weighted by atomic mass is 16.3. The zero-order valence-corrected chi connectivity index (χ0v) is 10.4. The number of carbonyl (C=O) groups is 1. The average molecular weight is 236 g/mol. The number of nitrogens with two attached hydrogens (primary N) is 1. The van der Waals surface area contributed by atoms with E-state index in [1.807, 2.05) is 0 Å². The lowest BCUT2D eigenvalue weighted by molar-refractivity contribution is -0.119. The minimum Gasteiger partial charge on any atom is -0.508 e. The van der Waals surface area contributed by atoms with Crippen molar-refractivity contribution in [2.45, 2.75) is 32.2 Å². The first kappa shape index (κ1) is 13.5. The second-order valence-corrected chi connectivity index (χ2v) is 4.16. The van der Waals surface area contributed by atoms with Crippen LogP contribution in [0.5, 0.6) is 5.75 Å². The third kappa shape index (κ3) is 3.75. The van der Waals surface area contributed by atoms with E-state index in [0.717, 1.165) is 18.5 Å². The van der Waals surface area contributed by atoms with Crippen LogP contribution >= 0.6 is 0 Å². The van der Waals surface area contributed by atoms with Crippen molar-refractivity contribution in [3.63, 3.8) is 0 Å². The standard InChI is InChI=1S/C13H20N2O2/c1-3-4-5-12(14)13(17)15(2)10-6-8-11(16)9-7-10/h6-9,12,16H,3-5,14H2,1-2H3/t12-/m0/s1. The van der Waals surface area contributed by atoms with Crippen LogP contribution in [0.4, 0.5) is 5.69 Å². The third-order valence-corrected chi connectivity index (χ3v) is 2.75. The van der Waals surface area contributed by atoms with Crippen LogP contribution in [0.25, 0.3) is 0 Å². The highest BCUT2D eigenvalue weighted by molar-refractivity contribution is 5.96. The van der Waals surface area contributed by atoms with E-state index in [1.165, 1.54) is 4.90 Å². The number of amides is 1. The monoisotopic (exact) mass is 236 g/mol. The number of nitrogens with zero attached hydrogens (tertiary/aromatic N) is 1. The van der Waals surface area contributed by atoms with Gasteiger partial charge < -0.3 is 15.7 Å². The fourth-order valence-electron chi connectivity index (χ4n) is 1.60. The van der Waals surface area contributed by atoms with Crippen molar-refractivity contribution in [3.8, 4) is 5.75 Å². The number of unbranched alkanes of at least 4 members (excludes halogenated alkanes) is 1. The van der Waals surface area contributed by atoms with E-state index in [0.29, 0.717) is 6.42 Å². The Bertz CT molecular complexity index is 362. The van der Waals surface area contributed by atoms with Crippen LogP contribution in [-0.4, -0.2) is 24.1 Å². The molecule has 1 aromatic rings. The molecule has 4 nitrogen and oxygen atoms in total. The highest BCUT2D eigenvalue weighted by Crippen LogP contribution is 2.18. The van der Waals surface area contributed by atoms with E-state index in [-0.39, 0.29) is 11.7 Å². The molecular formula is C13H20N2O2. The maximum atomic E-state index is 12.0. The number of aromatic hydroxyl groups is 1. The first-order chi connectivity index (χ1) is 8.06. The van der Waals surface area contributed by atoms with Gasteiger partial charge in [-0.25, -0.2) is 0 Å². The fourth-order valence-corrected chi connectivity index (χ4v) is 1.60. The van der Waals surface area contributed by atoms with Crippen LogP contribution < -0.4 is 10.6 Å². The summed E-state index contributed by atoms with van der Waals surface area (Å²) in [6.07, 6.45) is 2.69. The van der Waals surface area contributed by atoms with Gasteiger partial charge in [0.2, 0.25) is 5.91 Å². The van der Waals surface area contributed by atoms with Crippen LogP contribution in [0, 0.1) is 0 Å². The van der Waals surface area contributed by atoms with Gasteiger partial charge in [0.05, 0.1) is 6.04 Å². The number of rotatable bonds is 5. The van der Waals surface area contributed by atoms with Gasteiger partial charge in [-0.3, -0.25) is 4.79 Å². The molecular weight excluding hydrogens is 216 g/mol. The predicted molar refractivity (Wildman–Crippen MR) is 69.0 cm³/mol. The van der Waals surface area contributed by atoms with Crippen molar-refractivity contribution in [1.29, 1.82) is 0 Å². The second kappa shape index (κ2) is 6.25. The molecule has 0 heterocycles. The van der Waals surface area contributed by atoms with E-state index in [4.69, 9.17) is 5.73 Å². The molecule has 0 radical (unpaired) electrons. The maximum absolute atomic E-state index is 12.0. The summed E-state index contributed by atoms with van der Waals surface area (Å²) in [4.78, 5) is 13.5. The number of hydrogen-bond acceptors (Lipinski definition) is 3. The topological polar surface area (TPSA) is 66.6 Å². The molecule has 0 spiro atoms. The molecule has 94 valence electrons. The maximum Gasteiger partial charge on any atom is 0.243 e. The number of likely N-dealkylation sites (N-methyl/N-ethyl adjacent to an activating group) is 1. The van der Waals surface area contributed by atoms with E-state index in [1.54, 1.807) is 31.3 Å². The van der Waals surface area contributed by atoms with Crippen molar-refractivity contribution >= 4 is 11.6 Å². The number of benzene rings is 1. The van der Waals surface area contributed by atoms with Crippen molar-refractivity contribution in [1.82, 2.24) is 0 Å². The van der Waals surface area contributed by atoms with Crippen LogP contribution in [0.15, 0.2) is 24.3 Å². The molecule has 0 unspecified atom stereocenters. The smallest absolute Gasteiger partial charge is 0.243 e. The van der Waals surface area contributed by atoms with Crippen molar-refractivity contribution in [3.05, 3.63) is 24.3 Å². The van der Waals surface area contributed by atoms with E-state index < -0.39 is 6.04 Å². The Balaban J connectivity index is 2.65. The zero-order valence-electron chi connectivity index (χ0n) is 10.4. The molecule has 0 aliphatic carbocycles. The highest BCUT2D eigenvalue weighted by Gasteiger charge is 2.18. The molecule has 0 fully saturated rings. The predicted octanol–water partition coefficient (Wildman–Crippen LogP) is 1.87. The Morgan fingerprint density at radius 3 is 2.53 bits per heavy atom. The van der Waals surface area contributed by atoms with Gasteiger partial charge >= 0.3 is 0 Å². The molecule has 0 saturated carbocycles. The average Bonchev–Trinajstić information content (AvgIpc) is 2.35. The van der Waals surface area contributed by atoms with Crippen molar-refractivity contribution < 1.29 is 9.90 Å². The summed E-state index contributed by atoms with van der Waals surface area (Å²) in [5, 5.41) is 9.17. The molecule has 0 aliphatic rings. The Morgan fingerprint density at radius 2 is 2.00 bits per heavy atom. The van der Waals surface area contributed by atoms with Gasteiger partial charge in [0.1, 0.15) is 5.75 Å². The molecule has 3 N–H and O–H groups in total. The first-order valence-electron chi connectivity index (χ1n) is 5.88. The van der Waals surface area contributed by atoms with E-state index in [2.05, 4.69) is 6.92 Å². The molecule has 1 atom stereocenters. The number of carbonyl (C=O) groups excluding carboxylic acids is 1. The largest absolute Gasteiger partial charge is 0.508 e. The number of hydrogen-bond donors (Lipinski definition) is 2. The molecule has 17 heavy (non-hydrogen) atoms. The minimum absolute atomic E-state index is 0.0934. The molecule has 0 aliphatic heterocycles. The molecule has 1 rings (SSSR count). The summed E-state index contributed by atoms with van der Waals surface area (Å²) in [5.41, 5.74) is 6.57. The minimum atomic E-state index is -0.450. The fraction of sp³-hybridized carbons (Fsp3) is 0.462. The van der Waals surface area contributed by atoms with E-state index in [9.17, 15) is 9.90 Å². The van der Waals surface area contributed by atoms with Gasteiger partial charge in [0, 0.05) is 12.7 Å². The molecule has 0 aromatic heterocycles. The SMILES string of the molecule is CCCC[C@H](N)C(=O)N(C)c1ccc(O)cc1. The summed E-state index contributed by atoms with van der Waals surface area (Å²) in [6, 6.07) is 6.04. The normalized spacial score (nSPS) is 12.2. The van der Waals surface area contributed by atoms with Gasteiger partial charge in [0.25, 0.3) is 0 Å². The lowest BCUT2D eigenvalue weighted by Gasteiger charge is -2.21. The second-order valence-electron chi connectivity index (χ2n) is 4.16. The Labute approximate surface area is 102 Å². The molecule has 1 aromatic carbocycles. The number of phenols is 1. The summed E-state index contributed by atoms with van der Waals surface area (Å²) in [7, 11) is 1.69. The number of phenolic OH excluding ortho intramolecular Hbond substituents is 1. The van der Waals surface area contributed by atoms with Gasteiger partial charge in [-0.1, -0.05) is 19.8 Å². The van der Waals surface area contributed by atoms with Crippen LogP contribution in [-0.2, 0) is 4.79 Å². The first-order valence-corrected chi connectivity index (χ1v) is 5.88. The Kier molecular flexibility index (Phi) is 4.97. The quantitative estimate of drug-likeness (QED) is 0.820. The molecule has 0 saturated heterocycles. The lowest BCUT2D eigenvalue weighted by atomic mass is 10.1. The van der Waals surface area contributed by atoms with Crippen molar-refractivity contribution in [2.75, 3.05) is 11.9 Å². The summed E-state index contributed by atoms with van der Waals surface area (Å²) in [5.74, 6) is 0.0917. The number of anilines is 1. The Morgan fingerprint density at radius 1 is 1.41 bits per heavy atom. The molecule has 1 amide bonds. The van der Waals surface area contributed by atoms with Crippen molar-refractivity contribution in [2.24, 2.45) is 5.73 Å². The summed E-state index contributed by atoms with van der Waals surface area (Å²) < 4.78 is 0. The lowest BCUT2D eigenvalue weighted by Crippen LogP contribution is -2.41. The van der Waals surface area contributed by atoms with E-state index >= 15 is 0 Å². The van der Waals surface area contributed by atoms with Gasteiger partial charge in [-0.2, -0.15) is 0 Å². The molecule has 0 bridgehead atoms. The molecule has 4 heteroatoms. The van der Waals surface area contributed by atoms with Gasteiger partial charge in [-0.05, 0) is 30.7 Å². The van der Waals surface area contributed by atoms with Crippen LogP contribution in [0.2, 0.25) is 0 Å². The van der Waals surface area contributed by atoms with Gasteiger partial charge in [-0.15, -0.1) is 0 Å². The summed E-state index contributed by atoms with van der Waals surface area (Å²) >= 11 is 0.